The molecule has 2 aromatic carbocycles. The molecule has 0 atom stereocenters. The van der Waals surface area contributed by atoms with E-state index in [-0.39, 0.29) is 11.7 Å². The Morgan fingerprint density at radius 1 is 1.21 bits per heavy atom. The summed E-state index contributed by atoms with van der Waals surface area (Å²) in [5, 5.41) is 2.68. The largest absolute Gasteiger partial charge is 0.496 e. The van der Waals surface area contributed by atoms with E-state index in [4.69, 9.17) is 4.74 Å². The maximum Gasteiger partial charge on any atom is 0.259 e. The molecule has 0 aliphatic carbocycles. The van der Waals surface area contributed by atoms with Crippen LogP contribution in [0.1, 0.15) is 10.4 Å². The van der Waals surface area contributed by atoms with Gasteiger partial charge in [0, 0.05) is 10.2 Å². The van der Waals surface area contributed by atoms with Crippen LogP contribution < -0.4 is 10.1 Å². The molecule has 0 aliphatic rings. The molecule has 0 saturated carbocycles. The second-order valence-corrected chi connectivity index (χ2v) is 4.72. The highest BCUT2D eigenvalue weighted by Gasteiger charge is 2.13. The zero-order valence-corrected chi connectivity index (χ0v) is 11.7. The van der Waals surface area contributed by atoms with Crippen molar-refractivity contribution < 1.29 is 13.9 Å². The molecule has 0 aromatic heterocycles. The van der Waals surface area contributed by atoms with Crippen molar-refractivity contribution in [2.75, 3.05) is 12.4 Å². The molecule has 0 unspecified atom stereocenters. The number of halogens is 2. The van der Waals surface area contributed by atoms with Crippen LogP contribution in [-0.2, 0) is 0 Å². The van der Waals surface area contributed by atoms with Crippen LogP contribution in [0.5, 0.6) is 5.75 Å². The Balaban J connectivity index is 2.24. The first-order valence-corrected chi connectivity index (χ1v) is 6.30. The molecule has 5 heteroatoms. The quantitative estimate of drug-likeness (QED) is 0.931. The van der Waals surface area contributed by atoms with Crippen LogP contribution in [0.25, 0.3) is 0 Å². The molecule has 3 nitrogen and oxygen atoms in total. The summed E-state index contributed by atoms with van der Waals surface area (Å²) in [5.74, 6) is -0.189. The summed E-state index contributed by atoms with van der Waals surface area (Å²) >= 11 is 3.30. The first kappa shape index (κ1) is 13.5. The number of hydrogen-bond donors (Lipinski definition) is 1. The first-order valence-electron chi connectivity index (χ1n) is 5.50. The summed E-state index contributed by atoms with van der Waals surface area (Å²) in [5.41, 5.74) is 0.926. The lowest BCUT2D eigenvalue weighted by atomic mass is 10.2. The summed E-state index contributed by atoms with van der Waals surface area (Å²) in [4.78, 5) is 12.1. The van der Waals surface area contributed by atoms with Crippen LogP contribution >= 0.6 is 15.9 Å². The Kier molecular flexibility index (Phi) is 4.16. The van der Waals surface area contributed by atoms with E-state index in [9.17, 15) is 9.18 Å². The summed E-state index contributed by atoms with van der Waals surface area (Å²) in [6, 6.07) is 10.7. The molecule has 0 radical (unpaired) electrons. The fraction of sp³-hybridized carbons (Fsp3) is 0.0714. The number of methoxy groups -OCH3 is 1. The molecular weight excluding hydrogens is 313 g/mol. The minimum atomic E-state index is -0.349. The zero-order chi connectivity index (χ0) is 13.8. The predicted octanol–water partition coefficient (Wildman–Crippen LogP) is 3.85. The minimum absolute atomic E-state index is 0.315. The van der Waals surface area contributed by atoms with E-state index >= 15 is 0 Å². The van der Waals surface area contributed by atoms with Gasteiger partial charge in [-0.1, -0.05) is 15.9 Å². The van der Waals surface area contributed by atoms with Crippen molar-refractivity contribution in [1.82, 2.24) is 0 Å². The topological polar surface area (TPSA) is 38.3 Å². The molecule has 1 N–H and O–H groups in total. The lowest BCUT2D eigenvalue weighted by molar-refractivity contribution is 0.102. The first-order chi connectivity index (χ1) is 9.10. The molecule has 1 amide bonds. The monoisotopic (exact) mass is 323 g/mol. The molecule has 0 saturated heterocycles. The van der Waals surface area contributed by atoms with E-state index in [2.05, 4.69) is 21.2 Å². The van der Waals surface area contributed by atoms with Gasteiger partial charge in [-0.05, 0) is 42.5 Å². The lowest BCUT2D eigenvalue weighted by Crippen LogP contribution is -2.13. The van der Waals surface area contributed by atoms with Gasteiger partial charge in [0.2, 0.25) is 0 Å². The summed E-state index contributed by atoms with van der Waals surface area (Å²) in [7, 11) is 1.50. The van der Waals surface area contributed by atoms with Gasteiger partial charge in [-0.3, -0.25) is 4.79 Å². The SMILES string of the molecule is COc1ccc(Br)cc1C(=O)Nc1ccc(F)cc1. The zero-order valence-electron chi connectivity index (χ0n) is 10.1. The number of nitrogens with one attached hydrogen (secondary N) is 1. The average molecular weight is 324 g/mol. The standard InChI is InChI=1S/C14H11BrFNO2/c1-19-13-7-2-9(15)8-12(13)14(18)17-11-5-3-10(16)4-6-11/h2-8H,1H3,(H,17,18). The number of carbonyl (C=O) groups excluding carboxylic acids is 1. The van der Waals surface area contributed by atoms with Crippen molar-refractivity contribution in [2.45, 2.75) is 0 Å². The van der Waals surface area contributed by atoms with Gasteiger partial charge in [-0.2, -0.15) is 0 Å². The Bertz CT molecular complexity index is 599. The molecule has 2 rings (SSSR count). The third kappa shape index (κ3) is 3.32. The van der Waals surface area contributed by atoms with E-state index in [1.165, 1.54) is 31.4 Å². The molecule has 0 bridgehead atoms. The predicted molar refractivity (Wildman–Crippen MR) is 75.0 cm³/mol. The van der Waals surface area contributed by atoms with Crippen molar-refractivity contribution in [3.63, 3.8) is 0 Å². The Morgan fingerprint density at radius 2 is 1.89 bits per heavy atom. The maximum absolute atomic E-state index is 12.8. The Labute approximate surface area is 118 Å². The fourth-order valence-corrected chi connectivity index (χ4v) is 1.95. The van der Waals surface area contributed by atoms with Gasteiger partial charge in [0.25, 0.3) is 5.91 Å². The van der Waals surface area contributed by atoms with Crippen LogP contribution in [0.2, 0.25) is 0 Å². The number of ether oxygens (including phenoxy) is 1. The van der Waals surface area contributed by atoms with E-state index < -0.39 is 0 Å². The number of hydrogen-bond acceptors (Lipinski definition) is 2. The van der Waals surface area contributed by atoms with E-state index in [0.717, 1.165) is 4.47 Å². The maximum atomic E-state index is 12.8. The van der Waals surface area contributed by atoms with Gasteiger partial charge < -0.3 is 10.1 Å². The highest BCUT2D eigenvalue weighted by atomic mass is 79.9. The van der Waals surface area contributed by atoms with Crippen LogP contribution in [0.3, 0.4) is 0 Å². The van der Waals surface area contributed by atoms with Crippen molar-refractivity contribution in [2.24, 2.45) is 0 Å². The van der Waals surface area contributed by atoms with E-state index in [0.29, 0.717) is 17.0 Å². The minimum Gasteiger partial charge on any atom is -0.496 e. The Hall–Kier alpha value is -1.88. The molecule has 0 fully saturated rings. The highest BCUT2D eigenvalue weighted by Crippen LogP contribution is 2.24. The van der Waals surface area contributed by atoms with Gasteiger partial charge in [-0.15, -0.1) is 0 Å². The summed E-state index contributed by atoms with van der Waals surface area (Å²) in [6.07, 6.45) is 0. The van der Waals surface area contributed by atoms with Gasteiger partial charge in [0.1, 0.15) is 11.6 Å². The lowest BCUT2D eigenvalue weighted by Gasteiger charge is -2.09. The second kappa shape index (κ2) is 5.84. The number of rotatable bonds is 3. The molecular formula is C14H11BrFNO2. The van der Waals surface area contributed by atoms with E-state index in [1.54, 1.807) is 18.2 Å². The van der Waals surface area contributed by atoms with Gasteiger partial charge >= 0.3 is 0 Å². The van der Waals surface area contributed by atoms with Crippen LogP contribution in [-0.4, -0.2) is 13.0 Å². The summed E-state index contributed by atoms with van der Waals surface area (Å²) in [6.45, 7) is 0. The van der Waals surface area contributed by atoms with Crippen molar-refractivity contribution in [3.05, 3.63) is 58.3 Å². The molecule has 0 spiro atoms. The van der Waals surface area contributed by atoms with Crippen molar-refractivity contribution in [3.8, 4) is 5.75 Å². The number of carbonyl (C=O) groups is 1. The molecule has 19 heavy (non-hydrogen) atoms. The third-order valence-electron chi connectivity index (χ3n) is 2.51. The number of benzene rings is 2. The number of amides is 1. The van der Waals surface area contributed by atoms with Crippen molar-refractivity contribution >= 4 is 27.5 Å². The van der Waals surface area contributed by atoms with Gasteiger partial charge in [0.15, 0.2) is 0 Å². The molecule has 98 valence electrons. The fourth-order valence-electron chi connectivity index (χ4n) is 1.59. The second-order valence-electron chi connectivity index (χ2n) is 3.81. The van der Waals surface area contributed by atoms with Crippen LogP contribution in [0, 0.1) is 5.82 Å². The third-order valence-corrected chi connectivity index (χ3v) is 3.00. The Morgan fingerprint density at radius 3 is 2.53 bits per heavy atom. The van der Waals surface area contributed by atoms with Crippen LogP contribution in [0.4, 0.5) is 10.1 Å². The number of anilines is 1. The molecule has 0 heterocycles. The van der Waals surface area contributed by atoms with Gasteiger partial charge in [-0.25, -0.2) is 4.39 Å². The normalized spacial score (nSPS) is 10.1. The smallest absolute Gasteiger partial charge is 0.259 e. The molecule has 2 aromatic rings. The van der Waals surface area contributed by atoms with Crippen molar-refractivity contribution in [1.29, 1.82) is 0 Å². The average Bonchev–Trinajstić information content (AvgIpc) is 2.41. The van der Waals surface area contributed by atoms with Gasteiger partial charge in [0.05, 0.1) is 12.7 Å². The molecule has 0 aliphatic heterocycles. The van der Waals surface area contributed by atoms with E-state index in [1.807, 2.05) is 0 Å². The highest BCUT2D eigenvalue weighted by molar-refractivity contribution is 9.10. The van der Waals surface area contributed by atoms with Crippen LogP contribution in [0.15, 0.2) is 46.9 Å². The summed E-state index contributed by atoms with van der Waals surface area (Å²) < 4.78 is 18.7.